The third kappa shape index (κ3) is 3.60. The molecule has 1 aromatic rings. The SMILES string of the molecule is CC(C)(C)NC(=O)N1CCC(Oc2nccs2)C1. The van der Waals surface area contributed by atoms with Crippen LogP contribution in [0.25, 0.3) is 0 Å². The van der Waals surface area contributed by atoms with Crippen molar-refractivity contribution < 1.29 is 9.53 Å². The van der Waals surface area contributed by atoms with Crippen LogP contribution in [0.3, 0.4) is 0 Å². The molecule has 0 bridgehead atoms. The van der Waals surface area contributed by atoms with Crippen LogP contribution in [0.1, 0.15) is 27.2 Å². The first-order valence-corrected chi connectivity index (χ1v) is 6.95. The lowest BCUT2D eigenvalue weighted by molar-refractivity contribution is 0.180. The highest BCUT2D eigenvalue weighted by Gasteiger charge is 2.29. The molecule has 2 rings (SSSR count). The Hall–Kier alpha value is -1.30. The fraction of sp³-hybridized carbons (Fsp3) is 0.667. The van der Waals surface area contributed by atoms with Gasteiger partial charge in [0.05, 0.1) is 6.54 Å². The predicted octanol–water partition coefficient (Wildman–Crippen LogP) is 2.10. The molecule has 100 valence electrons. The maximum atomic E-state index is 12.0. The number of carbonyl (C=O) groups is 1. The molecule has 1 aliphatic rings. The fourth-order valence-corrected chi connectivity index (χ4v) is 2.37. The molecular formula is C12H19N3O2S. The van der Waals surface area contributed by atoms with E-state index in [4.69, 9.17) is 4.74 Å². The molecule has 0 saturated carbocycles. The Kier molecular flexibility index (Phi) is 3.75. The molecule has 1 atom stereocenters. The first-order chi connectivity index (χ1) is 8.44. The number of hydrogen-bond donors (Lipinski definition) is 1. The molecule has 0 spiro atoms. The molecule has 0 aliphatic carbocycles. The summed E-state index contributed by atoms with van der Waals surface area (Å²) in [6, 6.07) is -0.0206. The van der Waals surface area contributed by atoms with E-state index in [1.165, 1.54) is 11.3 Å². The minimum absolute atomic E-state index is 0.0206. The topological polar surface area (TPSA) is 54.5 Å². The zero-order valence-electron chi connectivity index (χ0n) is 11.0. The average molecular weight is 269 g/mol. The van der Waals surface area contributed by atoms with E-state index < -0.39 is 0 Å². The quantitative estimate of drug-likeness (QED) is 0.894. The molecule has 2 heterocycles. The second kappa shape index (κ2) is 5.14. The van der Waals surface area contributed by atoms with E-state index >= 15 is 0 Å². The molecular weight excluding hydrogens is 250 g/mol. The Bertz CT molecular complexity index is 400. The van der Waals surface area contributed by atoms with Crippen LogP contribution < -0.4 is 10.1 Å². The average Bonchev–Trinajstić information content (AvgIpc) is 2.86. The number of amides is 2. The van der Waals surface area contributed by atoms with Gasteiger partial charge >= 0.3 is 6.03 Å². The molecule has 1 unspecified atom stereocenters. The van der Waals surface area contributed by atoms with Crippen LogP contribution in [0, 0.1) is 0 Å². The van der Waals surface area contributed by atoms with Crippen LogP contribution >= 0.6 is 11.3 Å². The van der Waals surface area contributed by atoms with Gasteiger partial charge in [0.25, 0.3) is 5.19 Å². The van der Waals surface area contributed by atoms with Gasteiger partial charge in [0.1, 0.15) is 6.10 Å². The summed E-state index contributed by atoms with van der Waals surface area (Å²) < 4.78 is 5.71. The summed E-state index contributed by atoms with van der Waals surface area (Å²) in [6.45, 7) is 7.29. The van der Waals surface area contributed by atoms with Crippen molar-refractivity contribution in [1.82, 2.24) is 15.2 Å². The number of hydrogen-bond acceptors (Lipinski definition) is 4. The van der Waals surface area contributed by atoms with E-state index in [1.807, 2.05) is 26.2 Å². The van der Waals surface area contributed by atoms with E-state index in [0.717, 1.165) is 13.0 Å². The maximum Gasteiger partial charge on any atom is 0.317 e. The Balaban J connectivity index is 1.83. The Morgan fingerprint density at radius 3 is 3.00 bits per heavy atom. The number of nitrogens with one attached hydrogen (secondary N) is 1. The van der Waals surface area contributed by atoms with Crippen LogP contribution in [0.4, 0.5) is 4.79 Å². The number of nitrogens with zero attached hydrogens (tertiary/aromatic N) is 2. The molecule has 1 saturated heterocycles. The summed E-state index contributed by atoms with van der Waals surface area (Å²) in [7, 11) is 0. The highest BCUT2D eigenvalue weighted by molar-refractivity contribution is 7.11. The lowest BCUT2D eigenvalue weighted by Crippen LogP contribution is -2.48. The van der Waals surface area contributed by atoms with Crippen LogP contribution in [-0.4, -0.2) is 40.6 Å². The van der Waals surface area contributed by atoms with Gasteiger partial charge in [0, 0.05) is 30.1 Å². The summed E-state index contributed by atoms with van der Waals surface area (Å²) in [5.74, 6) is 0. The predicted molar refractivity (Wildman–Crippen MR) is 71.0 cm³/mol. The van der Waals surface area contributed by atoms with Crippen molar-refractivity contribution in [2.45, 2.75) is 38.8 Å². The smallest absolute Gasteiger partial charge is 0.317 e. The van der Waals surface area contributed by atoms with Crippen LogP contribution in [0.15, 0.2) is 11.6 Å². The van der Waals surface area contributed by atoms with E-state index in [-0.39, 0.29) is 17.7 Å². The monoisotopic (exact) mass is 269 g/mol. The van der Waals surface area contributed by atoms with E-state index in [2.05, 4.69) is 10.3 Å². The fourth-order valence-electron chi connectivity index (χ4n) is 1.82. The summed E-state index contributed by atoms with van der Waals surface area (Å²) in [5, 5.41) is 5.52. The molecule has 1 aromatic heterocycles. The summed E-state index contributed by atoms with van der Waals surface area (Å²) >= 11 is 1.48. The van der Waals surface area contributed by atoms with Crippen molar-refractivity contribution in [2.24, 2.45) is 0 Å². The first kappa shape index (κ1) is 13.1. The minimum atomic E-state index is -0.203. The Morgan fingerprint density at radius 2 is 2.39 bits per heavy atom. The molecule has 0 aromatic carbocycles. The van der Waals surface area contributed by atoms with Crippen molar-refractivity contribution in [1.29, 1.82) is 0 Å². The Morgan fingerprint density at radius 1 is 1.61 bits per heavy atom. The molecule has 5 nitrogen and oxygen atoms in total. The van der Waals surface area contributed by atoms with Crippen molar-refractivity contribution in [3.8, 4) is 5.19 Å². The van der Waals surface area contributed by atoms with Gasteiger partial charge in [-0.15, -0.1) is 0 Å². The number of aromatic nitrogens is 1. The zero-order chi connectivity index (χ0) is 13.2. The van der Waals surface area contributed by atoms with Crippen LogP contribution in [0.5, 0.6) is 5.19 Å². The number of thiazole rings is 1. The largest absolute Gasteiger partial charge is 0.465 e. The number of rotatable bonds is 2. The van der Waals surface area contributed by atoms with E-state index in [0.29, 0.717) is 11.7 Å². The highest BCUT2D eigenvalue weighted by Crippen LogP contribution is 2.20. The molecule has 1 fully saturated rings. The second-order valence-corrected chi connectivity index (χ2v) is 6.31. The van der Waals surface area contributed by atoms with Gasteiger partial charge in [-0.1, -0.05) is 11.3 Å². The lowest BCUT2D eigenvalue weighted by Gasteiger charge is -2.25. The van der Waals surface area contributed by atoms with Crippen molar-refractivity contribution in [3.05, 3.63) is 11.6 Å². The van der Waals surface area contributed by atoms with Gasteiger partial charge in [-0.05, 0) is 20.8 Å². The molecule has 6 heteroatoms. The molecule has 1 N–H and O–H groups in total. The number of likely N-dealkylation sites (tertiary alicyclic amines) is 1. The van der Waals surface area contributed by atoms with Crippen molar-refractivity contribution >= 4 is 17.4 Å². The van der Waals surface area contributed by atoms with Gasteiger partial charge in [-0.3, -0.25) is 0 Å². The summed E-state index contributed by atoms with van der Waals surface area (Å²) in [5.41, 5.74) is -0.203. The molecule has 18 heavy (non-hydrogen) atoms. The molecule has 1 aliphatic heterocycles. The number of ether oxygens (including phenoxy) is 1. The Labute approximate surface area is 111 Å². The number of carbonyl (C=O) groups excluding carboxylic acids is 1. The van der Waals surface area contributed by atoms with E-state index in [9.17, 15) is 4.79 Å². The standard InChI is InChI=1S/C12H19N3O2S/c1-12(2,3)14-10(16)15-6-4-9(8-15)17-11-13-5-7-18-11/h5,7,9H,4,6,8H2,1-3H3,(H,14,16). The van der Waals surface area contributed by atoms with Gasteiger partial charge in [0.2, 0.25) is 0 Å². The first-order valence-electron chi connectivity index (χ1n) is 6.07. The zero-order valence-corrected chi connectivity index (χ0v) is 11.8. The minimum Gasteiger partial charge on any atom is -0.465 e. The van der Waals surface area contributed by atoms with Crippen LogP contribution in [0.2, 0.25) is 0 Å². The van der Waals surface area contributed by atoms with Gasteiger partial charge < -0.3 is 15.0 Å². The summed E-state index contributed by atoms with van der Waals surface area (Å²) in [6.07, 6.45) is 2.64. The third-order valence-corrected chi connectivity index (χ3v) is 3.25. The lowest BCUT2D eigenvalue weighted by atomic mass is 10.1. The second-order valence-electron chi connectivity index (χ2n) is 5.45. The third-order valence-electron chi connectivity index (χ3n) is 2.59. The van der Waals surface area contributed by atoms with Gasteiger partial charge in [-0.25, -0.2) is 9.78 Å². The molecule has 0 radical (unpaired) electrons. The normalized spacial score (nSPS) is 19.9. The molecule has 2 amide bonds. The van der Waals surface area contributed by atoms with Crippen molar-refractivity contribution in [2.75, 3.05) is 13.1 Å². The number of urea groups is 1. The van der Waals surface area contributed by atoms with Gasteiger partial charge in [-0.2, -0.15) is 0 Å². The van der Waals surface area contributed by atoms with Gasteiger partial charge in [0.15, 0.2) is 0 Å². The maximum absolute atomic E-state index is 12.0. The van der Waals surface area contributed by atoms with E-state index in [1.54, 1.807) is 11.1 Å². The van der Waals surface area contributed by atoms with Crippen LogP contribution in [-0.2, 0) is 0 Å². The summed E-state index contributed by atoms with van der Waals surface area (Å²) in [4.78, 5) is 17.8. The highest BCUT2D eigenvalue weighted by atomic mass is 32.1. The van der Waals surface area contributed by atoms with Crippen molar-refractivity contribution in [3.63, 3.8) is 0 Å².